The third kappa shape index (κ3) is 10.3. The van der Waals surface area contributed by atoms with Crippen LogP contribution in [0.25, 0.3) is 0 Å². The van der Waals surface area contributed by atoms with Crippen molar-refractivity contribution in [3.63, 3.8) is 0 Å². The lowest BCUT2D eigenvalue weighted by atomic mass is 9.99. The Morgan fingerprint density at radius 2 is 1.65 bits per heavy atom. The van der Waals surface area contributed by atoms with Crippen LogP contribution >= 0.6 is 0 Å². The van der Waals surface area contributed by atoms with Gasteiger partial charge in [0.25, 0.3) is 5.91 Å². The summed E-state index contributed by atoms with van der Waals surface area (Å²) >= 11 is 0. The van der Waals surface area contributed by atoms with E-state index in [1.54, 1.807) is 38.1 Å². The van der Waals surface area contributed by atoms with E-state index in [4.69, 9.17) is 11.1 Å². The van der Waals surface area contributed by atoms with E-state index in [0.717, 1.165) is 31.2 Å². The van der Waals surface area contributed by atoms with Gasteiger partial charge in [-0.05, 0) is 36.8 Å². The highest BCUT2D eigenvalue weighted by molar-refractivity contribution is 6.00. The molecule has 0 saturated carbocycles. The molecule has 0 aliphatic rings. The number of carbonyl (C=O) groups excluding carboxylic acids is 2. The second-order valence-corrected chi connectivity index (χ2v) is 8.35. The van der Waals surface area contributed by atoms with E-state index in [0.29, 0.717) is 18.5 Å². The molecule has 8 N–H and O–H groups in total. The highest BCUT2D eigenvalue weighted by Crippen LogP contribution is 2.14. The minimum atomic E-state index is -1.42. The number of carbonyl (C=O) groups is 4. The summed E-state index contributed by atoms with van der Waals surface area (Å²) < 4.78 is 0. The Balaban J connectivity index is 2.80. The number of carboxylic acid groups (broad SMARTS) is 2. The zero-order valence-electron chi connectivity index (χ0n) is 19.6. The topological polar surface area (TPSA) is 195 Å². The molecule has 11 heteroatoms. The molecular weight excluding hydrogens is 442 g/mol. The predicted molar refractivity (Wildman–Crippen MR) is 126 cm³/mol. The average molecular weight is 478 g/mol. The van der Waals surface area contributed by atoms with Crippen LogP contribution in [-0.2, 0) is 20.8 Å². The Morgan fingerprint density at radius 3 is 2.24 bits per heavy atom. The van der Waals surface area contributed by atoms with Gasteiger partial charge in [-0.25, -0.2) is 4.79 Å². The normalized spacial score (nSPS) is 12.4. The van der Waals surface area contributed by atoms with Crippen molar-refractivity contribution in [2.24, 2.45) is 11.7 Å². The van der Waals surface area contributed by atoms with Crippen molar-refractivity contribution in [1.82, 2.24) is 16.0 Å². The molecule has 0 spiro atoms. The lowest BCUT2D eigenvalue weighted by Gasteiger charge is -2.22. The first kappa shape index (κ1) is 28.4. The zero-order chi connectivity index (χ0) is 25.7. The maximum absolute atomic E-state index is 12.9. The molecule has 0 fully saturated rings. The minimum absolute atomic E-state index is 0.0579. The molecule has 0 saturated heterocycles. The molecule has 0 bridgehead atoms. The predicted octanol–water partition coefficient (Wildman–Crippen LogP) is 1.07. The molecule has 2 amide bonds. The van der Waals surface area contributed by atoms with Gasteiger partial charge in [0.05, 0.1) is 6.42 Å². The number of hydrogen-bond acceptors (Lipinski definition) is 5. The van der Waals surface area contributed by atoms with E-state index in [9.17, 15) is 29.4 Å². The lowest BCUT2D eigenvalue weighted by Crippen LogP contribution is -2.53. The lowest BCUT2D eigenvalue weighted by molar-refractivity contribution is -0.144. The van der Waals surface area contributed by atoms with Crippen LogP contribution in [0.5, 0.6) is 0 Å². The molecule has 0 radical (unpaired) electrons. The first-order valence-electron chi connectivity index (χ1n) is 11.2. The van der Waals surface area contributed by atoms with Gasteiger partial charge in [0.2, 0.25) is 5.91 Å². The molecule has 2 atom stereocenters. The molecule has 0 unspecified atom stereocenters. The first-order valence-corrected chi connectivity index (χ1v) is 11.2. The Labute approximate surface area is 199 Å². The fourth-order valence-corrected chi connectivity index (χ4v) is 3.36. The maximum Gasteiger partial charge on any atom is 0.326 e. The fourth-order valence-electron chi connectivity index (χ4n) is 3.36. The molecule has 0 heterocycles. The van der Waals surface area contributed by atoms with Crippen molar-refractivity contribution in [3.8, 4) is 0 Å². The quantitative estimate of drug-likeness (QED) is 0.111. The van der Waals surface area contributed by atoms with Gasteiger partial charge in [-0.15, -0.1) is 0 Å². The van der Waals surface area contributed by atoms with Gasteiger partial charge < -0.3 is 31.9 Å². The summed E-state index contributed by atoms with van der Waals surface area (Å²) in [6.07, 6.45) is 3.45. The van der Waals surface area contributed by atoms with E-state index < -0.39 is 48.2 Å². The standard InChI is InChI=1S/C23H35N5O6/c1-14(2)19(22(33)34)28-21(32)17(13-18(29)30)27-20(31)16-11-7-6-10-15(16)9-5-3-4-8-12-26-23(24)25/h6-7,10-11,14,17,19H,3-5,8-9,12-13H2,1-2H3,(H,27,31)(H,28,32)(H,29,30)(H,33,34)(H4,24,25,26)/t17-,19-/m0/s1. The fraction of sp³-hybridized carbons (Fsp3) is 0.522. The van der Waals surface area contributed by atoms with Crippen molar-refractivity contribution in [2.75, 3.05) is 6.54 Å². The third-order valence-corrected chi connectivity index (χ3v) is 5.18. The van der Waals surface area contributed by atoms with Crippen LogP contribution in [0.15, 0.2) is 24.3 Å². The van der Waals surface area contributed by atoms with E-state index in [2.05, 4.69) is 16.0 Å². The number of carboxylic acids is 2. The molecule has 11 nitrogen and oxygen atoms in total. The van der Waals surface area contributed by atoms with E-state index >= 15 is 0 Å². The van der Waals surface area contributed by atoms with Crippen LogP contribution in [0.3, 0.4) is 0 Å². The van der Waals surface area contributed by atoms with Gasteiger partial charge in [-0.2, -0.15) is 0 Å². The summed E-state index contributed by atoms with van der Waals surface area (Å²) in [5, 5.41) is 33.1. The van der Waals surface area contributed by atoms with E-state index in [1.807, 2.05) is 0 Å². The summed E-state index contributed by atoms with van der Waals surface area (Å²) in [5.41, 5.74) is 6.34. The van der Waals surface area contributed by atoms with Crippen LogP contribution in [0, 0.1) is 11.3 Å². The number of aryl methyl sites for hydroxylation is 1. The minimum Gasteiger partial charge on any atom is -0.481 e. The molecule has 0 aliphatic carbocycles. The third-order valence-electron chi connectivity index (χ3n) is 5.18. The summed E-state index contributed by atoms with van der Waals surface area (Å²) in [4.78, 5) is 48.2. The van der Waals surface area contributed by atoms with Crippen molar-refractivity contribution in [3.05, 3.63) is 35.4 Å². The molecule has 0 aromatic heterocycles. The number of aliphatic carboxylic acids is 2. The molecule has 188 valence electrons. The number of guanidine groups is 1. The first-order chi connectivity index (χ1) is 16.0. The second-order valence-electron chi connectivity index (χ2n) is 8.35. The molecule has 1 aromatic carbocycles. The number of hydrogen-bond donors (Lipinski definition) is 7. The van der Waals surface area contributed by atoms with Crippen molar-refractivity contribution >= 4 is 29.7 Å². The number of amides is 2. The van der Waals surface area contributed by atoms with Crippen LogP contribution in [0.4, 0.5) is 0 Å². The Bertz CT molecular complexity index is 873. The maximum atomic E-state index is 12.9. The largest absolute Gasteiger partial charge is 0.481 e. The van der Waals surface area contributed by atoms with Gasteiger partial charge in [0.15, 0.2) is 5.96 Å². The summed E-state index contributed by atoms with van der Waals surface area (Å²) in [6, 6.07) is 4.25. The van der Waals surface area contributed by atoms with Gasteiger partial charge >= 0.3 is 11.9 Å². The van der Waals surface area contributed by atoms with Crippen LogP contribution < -0.4 is 21.7 Å². The summed E-state index contributed by atoms with van der Waals surface area (Å²) in [7, 11) is 0. The Morgan fingerprint density at radius 1 is 1.00 bits per heavy atom. The molecular formula is C23H35N5O6. The smallest absolute Gasteiger partial charge is 0.326 e. The number of nitrogens with one attached hydrogen (secondary N) is 4. The second kappa shape index (κ2) is 14.5. The SMILES string of the molecule is CC(C)[C@H](NC(=O)[C@H](CC(=O)O)NC(=O)c1ccccc1CCCCCCNC(=N)N)C(=O)O. The van der Waals surface area contributed by atoms with Gasteiger partial charge in [-0.3, -0.25) is 19.8 Å². The monoisotopic (exact) mass is 477 g/mol. The van der Waals surface area contributed by atoms with Crippen LogP contribution in [0.1, 0.15) is 61.9 Å². The number of benzene rings is 1. The van der Waals surface area contributed by atoms with Gasteiger partial charge in [0.1, 0.15) is 12.1 Å². The van der Waals surface area contributed by atoms with Gasteiger partial charge in [0, 0.05) is 12.1 Å². The number of nitrogens with two attached hydrogens (primary N) is 1. The summed E-state index contributed by atoms with van der Waals surface area (Å²) in [6.45, 7) is 3.85. The van der Waals surface area contributed by atoms with Crippen LogP contribution in [-0.4, -0.2) is 58.6 Å². The average Bonchev–Trinajstić information content (AvgIpc) is 2.75. The molecule has 0 aliphatic heterocycles. The van der Waals surface area contributed by atoms with Gasteiger partial charge in [-0.1, -0.05) is 44.9 Å². The van der Waals surface area contributed by atoms with E-state index in [-0.39, 0.29) is 5.96 Å². The van der Waals surface area contributed by atoms with Crippen LogP contribution in [0.2, 0.25) is 0 Å². The number of rotatable bonds is 15. The van der Waals surface area contributed by atoms with E-state index in [1.165, 1.54) is 0 Å². The molecule has 34 heavy (non-hydrogen) atoms. The number of unbranched alkanes of at least 4 members (excludes halogenated alkanes) is 3. The van der Waals surface area contributed by atoms with Crippen molar-refractivity contribution in [1.29, 1.82) is 5.41 Å². The highest BCUT2D eigenvalue weighted by Gasteiger charge is 2.30. The molecule has 1 aromatic rings. The van der Waals surface area contributed by atoms with Crippen molar-refractivity contribution in [2.45, 2.75) is 64.5 Å². The Kier molecular flexibility index (Phi) is 12.1. The Hall–Kier alpha value is -3.63. The van der Waals surface area contributed by atoms with Crippen molar-refractivity contribution < 1.29 is 29.4 Å². The highest BCUT2D eigenvalue weighted by atomic mass is 16.4. The summed E-state index contributed by atoms with van der Waals surface area (Å²) in [5.74, 6) is -4.50. The molecule has 1 rings (SSSR count). The zero-order valence-corrected chi connectivity index (χ0v) is 19.6.